The Labute approximate surface area is 129 Å². The van der Waals surface area contributed by atoms with Crippen LogP contribution in [0.3, 0.4) is 0 Å². The summed E-state index contributed by atoms with van der Waals surface area (Å²) in [6.45, 7) is 12.7. The summed E-state index contributed by atoms with van der Waals surface area (Å²) in [6, 6.07) is 8.97. The van der Waals surface area contributed by atoms with E-state index in [0.29, 0.717) is 12.0 Å². The van der Waals surface area contributed by atoms with Crippen molar-refractivity contribution in [2.45, 2.75) is 46.4 Å². The average Bonchev–Trinajstić information content (AvgIpc) is 2.47. The van der Waals surface area contributed by atoms with Gasteiger partial charge in [0.05, 0.1) is 12.7 Å². The number of ether oxygens (including phenoxy) is 1. The van der Waals surface area contributed by atoms with Crippen LogP contribution in [0.1, 0.15) is 38.3 Å². The topological polar surface area (TPSA) is 24.5 Å². The van der Waals surface area contributed by atoms with Gasteiger partial charge in [0.2, 0.25) is 0 Å². The Balaban J connectivity index is 1.85. The van der Waals surface area contributed by atoms with Crippen molar-refractivity contribution in [3.8, 4) is 0 Å². The van der Waals surface area contributed by atoms with Crippen LogP contribution in [0.5, 0.6) is 0 Å². The summed E-state index contributed by atoms with van der Waals surface area (Å²) in [6.07, 6.45) is 1.52. The smallest absolute Gasteiger partial charge is 0.0700 e. The summed E-state index contributed by atoms with van der Waals surface area (Å²) in [5.41, 5.74) is 2.80. The molecule has 1 heterocycles. The fourth-order valence-electron chi connectivity index (χ4n) is 2.77. The zero-order valence-corrected chi connectivity index (χ0v) is 13.8. The highest BCUT2D eigenvalue weighted by atomic mass is 16.5. The summed E-state index contributed by atoms with van der Waals surface area (Å²) in [5, 5.41) is 3.51. The Morgan fingerprint density at radius 3 is 2.90 bits per heavy atom. The molecule has 118 valence electrons. The quantitative estimate of drug-likeness (QED) is 0.835. The van der Waals surface area contributed by atoms with Crippen LogP contribution in [0.15, 0.2) is 24.3 Å². The van der Waals surface area contributed by atoms with E-state index in [1.807, 2.05) is 0 Å². The summed E-state index contributed by atoms with van der Waals surface area (Å²) in [4.78, 5) is 2.51. The number of nitrogens with zero attached hydrogens (tertiary/aromatic N) is 1. The highest BCUT2D eigenvalue weighted by molar-refractivity contribution is 5.23. The standard InChI is InChI=1S/C18H30N2O/c1-4-18-14-20(8-9-21-18)13-17-7-5-6-16(10-17)12-19-11-15(2)3/h5-7,10,15,18-19H,4,8-9,11-14H2,1-3H3. The molecule has 0 radical (unpaired) electrons. The van der Waals surface area contributed by atoms with Gasteiger partial charge in [-0.25, -0.2) is 0 Å². The SMILES string of the molecule is CCC1CN(Cc2cccc(CNCC(C)C)c2)CCO1. The van der Waals surface area contributed by atoms with Crippen LogP contribution in [-0.2, 0) is 17.8 Å². The molecule has 1 unspecified atom stereocenters. The van der Waals surface area contributed by atoms with Gasteiger partial charge in [0.15, 0.2) is 0 Å². The molecule has 1 aromatic carbocycles. The van der Waals surface area contributed by atoms with Crippen LogP contribution >= 0.6 is 0 Å². The Bertz CT molecular complexity index is 419. The van der Waals surface area contributed by atoms with E-state index in [4.69, 9.17) is 4.74 Å². The van der Waals surface area contributed by atoms with E-state index in [1.165, 1.54) is 11.1 Å². The lowest BCUT2D eigenvalue weighted by Crippen LogP contribution is -2.41. The minimum absolute atomic E-state index is 0.412. The molecule has 0 aromatic heterocycles. The lowest BCUT2D eigenvalue weighted by molar-refractivity contribution is -0.0324. The normalized spacial score (nSPS) is 20.1. The third kappa shape index (κ3) is 5.77. The van der Waals surface area contributed by atoms with Crippen LogP contribution < -0.4 is 5.32 Å². The van der Waals surface area contributed by atoms with E-state index in [1.54, 1.807) is 0 Å². The highest BCUT2D eigenvalue weighted by Gasteiger charge is 2.18. The van der Waals surface area contributed by atoms with Gasteiger partial charge in [0.25, 0.3) is 0 Å². The minimum atomic E-state index is 0.412. The second kappa shape index (κ2) is 8.52. The minimum Gasteiger partial charge on any atom is -0.376 e. The van der Waals surface area contributed by atoms with Gasteiger partial charge in [0.1, 0.15) is 0 Å². The van der Waals surface area contributed by atoms with Gasteiger partial charge in [-0.05, 0) is 30.0 Å². The molecule has 0 saturated carbocycles. The molecule has 1 aromatic rings. The first-order chi connectivity index (χ1) is 10.2. The van der Waals surface area contributed by atoms with Crippen LogP contribution in [0.25, 0.3) is 0 Å². The number of hydrogen-bond donors (Lipinski definition) is 1. The Morgan fingerprint density at radius 1 is 1.33 bits per heavy atom. The molecular weight excluding hydrogens is 260 g/mol. The molecule has 1 fully saturated rings. The van der Waals surface area contributed by atoms with Crippen LogP contribution in [0, 0.1) is 5.92 Å². The highest BCUT2D eigenvalue weighted by Crippen LogP contribution is 2.13. The number of benzene rings is 1. The van der Waals surface area contributed by atoms with Crippen LogP contribution in [0.2, 0.25) is 0 Å². The second-order valence-corrected chi connectivity index (χ2v) is 6.48. The predicted octanol–water partition coefficient (Wildman–Crippen LogP) is 3.04. The lowest BCUT2D eigenvalue weighted by atomic mass is 10.1. The predicted molar refractivity (Wildman–Crippen MR) is 88.3 cm³/mol. The van der Waals surface area contributed by atoms with Crippen LogP contribution in [-0.4, -0.2) is 37.2 Å². The van der Waals surface area contributed by atoms with Crippen molar-refractivity contribution in [3.63, 3.8) is 0 Å². The molecule has 3 nitrogen and oxygen atoms in total. The van der Waals surface area contributed by atoms with Gasteiger partial charge in [-0.3, -0.25) is 4.90 Å². The molecule has 2 rings (SSSR count). The second-order valence-electron chi connectivity index (χ2n) is 6.48. The zero-order chi connectivity index (χ0) is 15.1. The third-order valence-corrected chi connectivity index (χ3v) is 3.96. The largest absolute Gasteiger partial charge is 0.376 e. The fourth-order valence-corrected chi connectivity index (χ4v) is 2.77. The van der Waals surface area contributed by atoms with E-state index in [-0.39, 0.29) is 0 Å². The van der Waals surface area contributed by atoms with Crippen molar-refractivity contribution in [2.75, 3.05) is 26.2 Å². The Hall–Kier alpha value is -0.900. The van der Waals surface area contributed by atoms with Crippen molar-refractivity contribution in [3.05, 3.63) is 35.4 Å². The molecule has 1 aliphatic heterocycles. The maximum atomic E-state index is 5.74. The fraction of sp³-hybridized carbons (Fsp3) is 0.667. The molecule has 21 heavy (non-hydrogen) atoms. The monoisotopic (exact) mass is 290 g/mol. The molecule has 0 spiro atoms. The summed E-state index contributed by atoms with van der Waals surface area (Å²) < 4.78 is 5.74. The Morgan fingerprint density at radius 2 is 2.14 bits per heavy atom. The molecule has 0 aliphatic carbocycles. The van der Waals surface area contributed by atoms with E-state index < -0.39 is 0 Å². The third-order valence-electron chi connectivity index (χ3n) is 3.96. The summed E-state index contributed by atoms with van der Waals surface area (Å²) >= 11 is 0. The Kier molecular flexibility index (Phi) is 6.68. The summed E-state index contributed by atoms with van der Waals surface area (Å²) in [5.74, 6) is 0.701. The number of nitrogens with one attached hydrogen (secondary N) is 1. The molecule has 1 aliphatic rings. The van der Waals surface area contributed by atoms with E-state index in [2.05, 4.69) is 55.3 Å². The molecule has 0 bridgehead atoms. The first-order valence-corrected chi connectivity index (χ1v) is 8.30. The van der Waals surface area contributed by atoms with Gasteiger partial charge >= 0.3 is 0 Å². The van der Waals surface area contributed by atoms with E-state index in [0.717, 1.165) is 45.8 Å². The molecule has 1 saturated heterocycles. The maximum Gasteiger partial charge on any atom is 0.0700 e. The van der Waals surface area contributed by atoms with Crippen molar-refractivity contribution in [1.29, 1.82) is 0 Å². The van der Waals surface area contributed by atoms with E-state index in [9.17, 15) is 0 Å². The van der Waals surface area contributed by atoms with Gasteiger partial charge in [0, 0.05) is 26.2 Å². The zero-order valence-electron chi connectivity index (χ0n) is 13.8. The maximum absolute atomic E-state index is 5.74. The number of hydrogen-bond acceptors (Lipinski definition) is 3. The molecule has 0 amide bonds. The first kappa shape index (κ1) is 16.5. The number of morpholine rings is 1. The van der Waals surface area contributed by atoms with Gasteiger partial charge < -0.3 is 10.1 Å². The van der Waals surface area contributed by atoms with Crippen molar-refractivity contribution >= 4 is 0 Å². The van der Waals surface area contributed by atoms with Gasteiger partial charge in [-0.1, -0.05) is 45.0 Å². The number of rotatable bonds is 7. The average molecular weight is 290 g/mol. The molecule has 1 atom stereocenters. The molecular formula is C18H30N2O. The van der Waals surface area contributed by atoms with Crippen molar-refractivity contribution in [1.82, 2.24) is 10.2 Å². The van der Waals surface area contributed by atoms with Crippen molar-refractivity contribution in [2.24, 2.45) is 5.92 Å². The first-order valence-electron chi connectivity index (χ1n) is 8.30. The van der Waals surface area contributed by atoms with Gasteiger partial charge in [-0.15, -0.1) is 0 Å². The molecule has 3 heteroatoms. The van der Waals surface area contributed by atoms with Crippen molar-refractivity contribution < 1.29 is 4.74 Å². The van der Waals surface area contributed by atoms with Crippen LogP contribution in [0.4, 0.5) is 0 Å². The van der Waals surface area contributed by atoms with E-state index >= 15 is 0 Å². The lowest BCUT2D eigenvalue weighted by Gasteiger charge is -2.32. The molecule has 1 N–H and O–H groups in total. The van der Waals surface area contributed by atoms with Gasteiger partial charge in [-0.2, -0.15) is 0 Å². The summed E-state index contributed by atoms with van der Waals surface area (Å²) in [7, 11) is 0.